The van der Waals surface area contributed by atoms with Crippen LogP contribution < -0.4 is 10.5 Å². The standard InChI is InChI=1S/C15H17ClN2O/c1-9-6-13(7-10(2)15(9)16)19-14-5-4-12(8-18-14)11(3)17/h4-8,11H,17H2,1-3H3/t11-/m1/s1. The summed E-state index contributed by atoms with van der Waals surface area (Å²) in [5.41, 5.74) is 8.74. The second kappa shape index (κ2) is 5.59. The van der Waals surface area contributed by atoms with Gasteiger partial charge in [0.05, 0.1) is 0 Å². The van der Waals surface area contributed by atoms with Gasteiger partial charge in [-0.05, 0) is 49.6 Å². The SMILES string of the molecule is Cc1cc(Oc2ccc([C@@H](C)N)cn2)cc(C)c1Cl. The highest BCUT2D eigenvalue weighted by Gasteiger charge is 2.06. The summed E-state index contributed by atoms with van der Waals surface area (Å²) in [6, 6.07) is 7.51. The van der Waals surface area contributed by atoms with E-state index in [0.29, 0.717) is 5.88 Å². The maximum Gasteiger partial charge on any atom is 0.219 e. The lowest BCUT2D eigenvalue weighted by atomic mass is 10.1. The van der Waals surface area contributed by atoms with Gasteiger partial charge in [-0.3, -0.25) is 0 Å². The van der Waals surface area contributed by atoms with Crippen molar-refractivity contribution < 1.29 is 4.74 Å². The van der Waals surface area contributed by atoms with Gasteiger partial charge < -0.3 is 10.5 Å². The Hall–Kier alpha value is -1.58. The van der Waals surface area contributed by atoms with Crippen LogP contribution >= 0.6 is 11.6 Å². The van der Waals surface area contributed by atoms with Crippen molar-refractivity contribution in [1.29, 1.82) is 0 Å². The molecular weight excluding hydrogens is 260 g/mol. The first-order chi connectivity index (χ1) is 8.97. The largest absolute Gasteiger partial charge is 0.439 e. The highest BCUT2D eigenvalue weighted by atomic mass is 35.5. The number of halogens is 1. The molecule has 0 saturated carbocycles. The Morgan fingerprint density at radius 3 is 2.32 bits per heavy atom. The Labute approximate surface area is 118 Å². The lowest BCUT2D eigenvalue weighted by Crippen LogP contribution is -2.05. The minimum Gasteiger partial charge on any atom is -0.439 e. The molecule has 0 spiro atoms. The molecule has 0 amide bonds. The fraction of sp³-hybridized carbons (Fsp3) is 0.267. The normalized spacial score (nSPS) is 12.3. The van der Waals surface area contributed by atoms with Crippen molar-refractivity contribution in [3.63, 3.8) is 0 Å². The number of pyridine rings is 1. The highest BCUT2D eigenvalue weighted by Crippen LogP contribution is 2.28. The van der Waals surface area contributed by atoms with Gasteiger partial charge in [0.15, 0.2) is 0 Å². The molecule has 0 bridgehead atoms. The molecule has 4 heteroatoms. The average molecular weight is 277 g/mol. The number of nitrogens with two attached hydrogens (primary N) is 1. The molecule has 0 aliphatic carbocycles. The maximum atomic E-state index is 6.12. The zero-order chi connectivity index (χ0) is 14.0. The Bertz CT molecular complexity index is 556. The van der Waals surface area contributed by atoms with Crippen molar-refractivity contribution in [2.45, 2.75) is 26.8 Å². The zero-order valence-corrected chi connectivity index (χ0v) is 12.0. The van der Waals surface area contributed by atoms with Crippen LogP contribution in [0.15, 0.2) is 30.5 Å². The molecule has 2 rings (SSSR count). The second-order valence-electron chi connectivity index (χ2n) is 4.69. The molecule has 0 aliphatic rings. The van der Waals surface area contributed by atoms with Crippen molar-refractivity contribution in [2.75, 3.05) is 0 Å². The van der Waals surface area contributed by atoms with Gasteiger partial charge in [0.1, 0.15) is 5.75 Å². The summed E-state index contributed by atoms with van der Waals surface area (Å²) in [5, 5.41) is 0.771. The van der Waals surface area contributed by atoms with Gasteiger partial charge in [-0.1, -0.05) is 17.7 Å². The summed E-state index contributed by atoms with van der Waals surface area (Å²) < 4.78 is 5.72. The van der Waals surface area contributed by atoms with Crippen LogP contribution in [0.4, 0.5) is 0 Å². The Morgan fingerprint density at radius 1 is 1.21 bits per heavy atom. The van der Waals surface area contributed by atoms with E-state index in [9.17, 15) is 0 Å². The molecule has 0 aliphatic heterocycles. The maximum absolute atomic E-state index is 6.12. The summed E-state index contributed by atoms with van der Waals surface area (Å²) in [7, 11) is 0. The monoisotopic (exact) mass is 276 g/mol. The molecule has 0 saturated heterocycles. The predicted octanol–water partition coefficient (Wildman–Crippen LogP) is 4.16. The molecule has 3 nitrogen and oxygen atoms in total. The van der Waals surface area contributed by atoms with E-state index in [1.807, 2.05) is 45.0 Å². The number of aromatic nitrogens is 1. The van der Waals surface area contributed by atoms with Gasteiger partial charge in [-0.15, -0.1) is 0 Å². The molecule has 0 unspecified atom stereocenters. The first-order valence-corrected chi connectivity index (χ1v) is 6.51. The molecular formula is C15H17ClN2O. The molecule has 2 N–H and O–H groups in total. The van der Waals surface area contributed by atoms with Crippen LogP contribution in [-0.4, -0.2) is 4.98 Å². The summed E-state index contributed by atoms with van der Waals surface area (Å²) in [6.45, 7) is 5.83. The van der Waals surface area contributed by atoms with Gasteiger partial charge in [-0.2, -0.15) is 0 Å². The minimum absolute atomic E-state index is 0.0263. The number of nitrogens with zero attached hydrogens (tertiary/aromatic N) is 1. The van der Waals surface area contributed by atoms with Gasteiger partial charge in [0.2, 0.25) is 5.88 Å². The summed E-state index contributed by atoms with van der Waals surface area (Å²) >= 11 is 6.12. The van der Waals surface area contributed by atoms with Crippen LogP contribution in [0.2, 0.25) is 5.02 Å². The average Bonchev–Trinajstić information content (AvgIpc) is 2.36. The summed E-state index contributed by atoms with van der Waals surface area (Å²) in [6.07, 6.45) is 1.73. The van der Waals surface area contributed by atoms with Gasteiger partial charge in [-0.25, -0.2) is 4.98 Å². The van der Waals surface area contributed by atoms with Gasteiger partial charge >= 0.3 is 0 Å². The third-order valence-corrected chi connectivity index (χ3v) is 3.51. The van der Waals surface area contributed by atoms with Gasteiger partial charge in [0, 0.05) is 23.3 Å². The minimum atomic E-state index is -0.0263. The third kappa shape index (κ3) is 3.25. The van der Waals surface area contributed by atoms with Crippen molar-refractivity contribution in [3.05, 3.63) is 52.2 Å². The number of hydrogen-bond acceptors (Lipinski definition) is 3. The molecule has 19 heavy (non-hydrogen) atoms. The third-order valence-electron chi connectivity index (χ3n) is 2.92. The molecule has 100 valence electrons. The number of ether oxygens (including phenoxy) is 1. The van der Waals surface area contributed by atoms with E-state index in [1.54, 1.807) is 6.20 Å². The van der Waals surface area contributed by atoms with Crippen molar-refractivity contribution >= 4 is 11.6 Å². The summed E-state index contributed by atoms with van der Waals surface area (Å²) in [4.78, 5) is 4.24. The Kier molecular flexibility index (Phi) is 4.08. The Balaban J connectivity index is 2.21. The van der Waals surface area contributed by atoms with Crippen molar-refractivity contribution in [1.82, 2.24) is 4.98 Å². The van der Waals surface area contributed by atoms with Crippen LogP contribution in [0.3, 0.4) is 0 Å². The van der Waals surface area contributed by atoms with E-state index in [-0.39, 0.29) is 6.04 Å². The van der Waals surface area contributed by atoms with Crippen LogP contribution in [-0.2, 0) is 0 Å². The zero-order valence-electron chi connectivity index (χ0n) is 11.3. The number of benzene rings is 1. The molecule has 0 radical (unpaired) electrons. The van der Waals surface area contributed by atoms with Crippen molar-refractivity contribution in [2.24, 2.45) is 5.73 Å². The highest BCUT2D eigenvalue weighted by molar-refractivity contribution is 6.32. The summed E-state index contributed by atoms with van der Waals surface area (Å²) in [5.74, 6) is 1.28. The molecule has 1 aromatic heterocycles. The van der Waals surface area contributed by atoms with Crippen LogP contribution in [0.5, 0.6) is 11.6 Å². The van der Waals surface area contributed by atoms with Crippen molar-refractivity contribution in [3.8, 4) is 11.6 Å². The molecule has 1 atom stereocenters. The van der Waals surface area contributed by atoms with Crippen LogP contribution in [0.1, 0.15) is 29.7 Å². The molecule has 0 fully saturated rings. The molecule has 1 aromatic carbocycles. The van der Waals surface area contributed by atoms with E-state index in [1.165, 1.54) is 0 Å². The molecule has 2 aromatic rings. The lowest BCUT2D eigenvalue weighted by molar-refractivity contribution is 0.461. The Morgan fingerprint density at radius 2 is 1.84 bits per heavy atom. The van der Waals surface area contributed by atoms with E-state index < -0.39 is 0 Å². The van der Waals surface area contributed by atoms with Gasteiger partial charge in [0.25, 0.3) is 0 Å². The first kappa shape index (κ1) is 13.8. The van der Waals surface area contributed by atoms with Crippen LogP contribution in [0, 0.1) is 13.8 Å². The fourth-order valence-corrected chi connectivity index (χ4v) is 1.92. The van der Waals surface area contributed by atoms with E-state index in [2.05, 4.69) is 4.98 Å². The number of aryl methyl sites for hydroxylation is 2. The number of hydrogen-bond donors (Lipinski definition) is 1. The number of rotatable bonds is 3. The fourth-order valence-electron chi connectivity index (χ4n) is 1.81. The topological polar surface area (TPSA) is 48.1 Å². The molecule has 1 heterocycles. The smallest absolute Gasteiger partial charge is 0.219 e. The lowest BCUT2D eigenvalue weighted by Gasteiger charge is -2.10. The van der Waals surface area contributed by atoms with E-state index in [0.717, 1.165) is 27.5 Å². The second-order valence-corrected chi connectivity index (χ2v) is 5.07. The van der Waals surface area contributed by atoms with E-state index >= 15 is 0 Å². The van der Waals surface area contributed by atoms with Crippen LogP contribution in [0.25, 0.3) is 0 Å². The predicted molar refractivity (Wildman–Crippen MR) is 77.8 cm³/mol. The quantitative estimate of drug-likeness (QED) is 0.915. The van der Waals surface area contributed by atoms with E-state index in [4.69, 9.17) is 22.1 Å². The first-order valence-electron chi connectivity index (χ1n) is 6.13.